The lowest BCUT2D eigenvalue weighted by Crippen LogP contribution is -2.15. The van der Waals surface area contributed by atoms with Crippen LogP contribution in [0, 0.1) is 0 Å². The van der Waals surface area contributed by atoms with E-state index in [0.29, 0.717) is 6.04 Å². The highest BCUT2D eigenvalue weighted by atomic mass is 35.5. The summed E-state index contributed by atoms with van der Waals surface area (Å²) in [6, 6.07) is 14.9. The highest BCUT2D eigenvalue weighted by molar-refractivity contribution is 7.99. The smallest absolute Gasteiger partial charge is 0.119 e. The van der Waals surface area contributed by atoms with Gasteiger partial charge in [0.2, 0.25) is 0 Å². The molecule has 4 heteroatoms. The zero-order chi connectivity index (χ0) is 14.7. The monoisotopic (exact) mass is 319 g/mol. The van der Waals surface area contributed by atoms with E-state index in [9.17, 15) is 0 Å². The van der Waals surface area contributed by atoms with Crippen molar-refractivity contribution in [1.82, 2.24) is 5.32 Å². The Kier molecular flexibility index (Phi) is 4.73. The molecule has 0 saturated heterocycles. The number of hydrogen-bond acceptors (Lipinski definition) is 3. The Hall–Kier alpha value is -1.16. The fraction of sp³-hybridized carbons (Fsp3) is 0.294. The molecule has 0 unspecified atom stereocenters. The van der Waals surface area contributed by atoms with Crippen LogP contribution in [0.5, 0.6) is 5.75 Å². The van der Waals surface area contributed by atoms with Crippen molar-refractivity contribution >= 4 is 23.4 Å². The number of rotatable bonds is 6. The number of halogens is 1. The van der Waals surface area contributed by atoms with Gasteiger partial charge in [-0.3, -0.25) is 0 Å². The van der Waals surface area contributed by atoms with Crippen LogP contribution >= 0.6 is 23.4 Å². The highest BCUT2D eigenvalue weighted by Crippen LogP contribution is 2.34. The molecule has 21 heavy (non-hydrogen) atoms. The largest absolute Gasteiger partial charge is 0.497 e. The van der Waals surface area contributed by atoms with Crippen molar-refractivity contribution in [2.45, 2.75) is 35.2 Å². The van der Waals surface area contributed by atoms with Crippen LogP contribution in [0.3, 0.4) is 0 Å². The van der Waals surface area contributed by atoms with Crippen LogP contribution in [0.25, 0.3) is 0 Å². The first-order chi connectivity index (χ1) is 10.2. The lowest BCUT2D eigenvalue weighted by atomic mass is 10.2. The predicted molar refractivity (Wildman–Crippen MR) is 88.4 cm³/mol. The summed E-state index contributed by atoms with van der Waals surface area (Å²) in [6.07, 6.45) is 2.60. The maximum absolute atomic E-state index is 6.16. The Morgan fingerprint density at radius 1 is 1.24 bits per heavy atom. The minimum absolute atomic E-state index is 0.704. The molecule has 0 heterocycles. The van der Waals surface area contributed by atoms with E-state index in [1.165, 1.54) is 23.3 Å². The van der Waals surface area contributed by atoms with Crippen molar-refractivity contribution in [2.75, 3.05) is 7.11 Å². The molecule has 1 aliphatic rings. The topological polar surface area (TPSA) is 21.3 Å². The molecule has 2 aromatic carbocycles. The van der Waals surface area contributed by atoms with Gasteiger partial charge in [-0.05, 0) is 48.7 Å². The molecule has 0 spiro atoms. The van der Waals surface area contributed by atoms with Gasteiger partial charge in [-0.1, -0.05) is 35.5 Å². The summed E-state index contributed by atoms with van der Waals surface area (Å²) in [5, 5.41) is 4.33. The van der Waals surface area contributed by atoms with E-state index in [2.05, 4.69) is 17.4 Å². The molecule has 0 amide bonds. The van der Waals surface area contributed by atoms with E-state index >= 15 is 0 Å². The Bertz CT molecular complexity index is 628. The number of methoxy groups -OCH3 is 1. The van der Waals surface area contributed by atoms with Crippen molar-refractivity contribution in [1.29, 1.82) is 0 Å². The molecular weight excluding hydrogens is 302 g/mol. The van der Waals surface area contributed by atoms with Crippen molar-refractivity contribution < 1.29 is 4.74 Å². The van der Waals surface area contributed by atoms with Crippen LogP contribution in [-0.4, -0.2) is 13.2 Å². The fourth-order valence-corrected chi connectivity index (χ4v) is 3.37. The maximum atomic E-state index is 6.16. The van der Waals surface area contributed by atoms with Gasteiger partial charge in [0.25, 0.3) is 0 Å². The number of benzene rings is 2. The van der Waals surface area contributed by atoms with Crippen molar-refractivity contribution in [3.8, 4) is 5.75 Å². The van der Waals surface area contributed by atoms with E-state index < -0.39 is 0 Å². The van der Waals surface area contributed by atoms with Gasteiger partial charge in [0.05, 0.1) is 7.11 Å². The third-order valence-electron chi connectivity index (χ3n) is 3.46. The lowest BCUT2D eigenvalue weighted by molar-refractivity contribution is 0.413. The first-order valence-electron chi connectivity index (χ1n) is 7.08. The van der Waals surface area contributed by atoms with Gasteiger partial charge in [0.1, 0.15) is 5.75 Å². The average Bonchev–Trinajstić information content (AvgIpc) is 3.31. The summed E-state index contributed by atoms with van der Waals surface area (Å²) in [5.74, 6) is 0.875. The zero-order valence-corrected chi connectivity index (χ0v) is 13.5. The highest BCUT2D eigenvalue weighted by Gasteiger charge is 2.20. The molecule has 1 saturated carbocycles. The summed E-state index contributed by atoms with van der Waals surface area (Å²) in [5.41, 5.74) is 1.29. The fourth-order valence-electron chi connectivity index (χ4n) is 2.10. The van der Waals surface area contributed by atoms with Gasteiger partial charge in [0.15, 0.2) is 0 Å². The quantitative estimate of drug-likeness (QED) is 0.830. The van der Waals surface area contributed by atoms with Crippen LogP contribution < -0.4 is 10.1 Å². The predicted octanol–water partition coefficient (Wildman–Crippen LogP) is 4.75. The Morgan fingerprint density at radius 3 is 2.86 bits per heavy atom. The van der Waals surface area contributed by atoms with Crippen molar-refractivity contribution in [2.24, 2.45) is 0 Å². The molecule has 0 radical (unpaired) electrons. The van der Waals surface area contributed by atoms with E-state index in [1.54, 1.807) is 18.9 Å². The van der Waals surface area contributed by atoms with Crippen LogP contribution in [0.1, 0.15) is 18.4 Å². The molecule has 0 aromatic heterocycles. The molecule has 3 rings (SSSR count). The summed E-state index contributed by atoms with van der Waals surface area (Å²) >= 11 is 7.88. The summed E-state index contributed by atoms with van der Waals surface area (Å²) in [4.78, 5) is 2.35. The molecule has 1 N–H and O–H groups in total. The Labute approximate surface area is 134 Å². The summed E-state index contributed by atoms with van der Waals surface area (Å²) < 4.78 is 5.28. The van der Waals surface area contributed by atoms with Gasteiger partial charge in [0, 0.05) is 27.4 Å². The third-order valence-corrected chi connectivity index (χ3v) is 4.78. The lowest BCUT2D eigenvalue weighted by Gasteiger charge is -2.11. The summed E-state index contributed by atoms with van der Waals surface area (Å²) in [7, 11) is 1.69. The third kappa shape index (κ3) is 4.16. The van der Waals surface area contributed by atoms with Crippen LogP contribution in [0.2, 0.25) is 5.02 Å². The van der Waals surface area contributed by atoms with Gasteiger partial charge < -0.3 is 10.1 Å². The first kappa shape index (κ1) is 14.8. The van der Waals surface area contributed by atoms with E-state index in [0.717, 1.165) is 22.2 Å². The van der Waals surface area contributed by atoms with Gasteiger partial charge in [-0.15, -0.1) is 0 Å². The number of hydrogen-bond donors (Lipinski definition) is 1. The summed E-state index contributed by atoms with van der Waals surface area (Å²) in [6.45, 7) is 0.897. The van der Waals surface area contributed by atoms with Gasteiger partial charge >= 0.3 is 0 Å². The molecule has 0 bridgehead atoms. The van der Waals surface area contributed by atoms with E-state index in [4.69, 9.17) is 16.3 Å². The second-order valence-electron chi connectivity index (χ2n) is 5.19. The number of nitrogens with one attached hydrogen (secondary N) is 1. The van der Waals surface area contributed by atoms with Gasteiger partial charge in [-0.2, -0.15) is 0 Å². The molecule has 110 valence electrons. The molecule has 2 nitrogen and oxygen atoms in total. The maximum Gasteiger partial charge on any atom is 0.119 e. The molecule has 0 aliphatic heterocycles. The van der Waals surface area contributed by atoms with Crippen LogP contribution in [0.15, 0.2) is 52.3 Å². The molecule has 1 aliphatic carbocycles. The Morgan fingerprint density at radius 2 is 2.10 bits per heavy atom. The molecule has 2 aromatic rings. The molecule has 0 atom stereocenters. The van der Waals surface area contributed by atoms with Gasteiger partial charge in [-0.25, -0.2) is 0 Å². The second-order valence-corrected chi connectivity index (χ2v) is 6.74. The van der Waals surface area contributed by atoms with Crippen LogP contribution in [-0.2, 0) is 6.54 Å². The van der Waals surface area contributed by atoms with Crippen molar-refractivity contribution in [3.63, 3.8) is 0 Å². The van der Waals surface area contributed by atoms with Crippen molar-refractivity contribution in [3.05, 3.63) is 53.1 Å². The van der Waals surface area contributed by atoms with E-state index in [1.807, 2.05) is 30.3 Å². The molecule has 1 fully saturated rings. The Balaban J connectivity index is 1.79. The average molecular weight is 320 g/mol. The SMILES string of the molecule is COc1cccc(Sc2cc(Cl)ccc2CNC2CC2)c1. The van der Waals surface area contributed by atoms with E-state index in [-0.39, 0.29) is 0 Å². The standard InChI is InChI=1S/C17H18ClNOS/c1-20-15-3-2-4-16(10-15)21-17-9-13(18)6-5-12(17)11-19-14-7-8-14/h2-6,9-10,14,19H,7-8,11H2,1H3. The molecular formula is C17H18ClNOS. The second kappa shape index (κ2) is 6.73. The first-order valence-corrected chi connectivity index (χ1v) is 8.28. The minimum Gasteiger partial charge on any atom is -0.497 e. The van der Waals surface area contributed by atoms with Crippen LogP contribution in [0.4, 0.5) is 0 Å². The number of ether oxygens (including phenoxy) is 1. The minimum atomic E-state index is 0.704. The zero-order valence-electron chi connectivity index (χ0n) is 11.9. The normalized spacial score (nSPS) is 14.2.